The first-order chi connectivity index (χ1) is 28.3. The molecule has 4 aromatic rings. The van der Waals surface area contributed by atoms with Crippen molar-refractivity contribution < 1.29 is 49.0 Å². The number of rotatable bonds is 21. The lowest BCUT2D eigenvalue weighted by Crippen LogP contribution is -2.38. The normalized spacial score (nSPS) is 15.8. The van der Waals surface area contributed by atoms with E-state index in [1.807, 2.05) is 30.3 Å². The molecule has 13 nitrogen and oxygen atoms in total. The number of benzene rings is 4. The summed E-state index contributed by atoms with van der Waals surface area (Å²) in [6.07, 6.45) is 6.68. The second-order valence-electron chi connectivity index (χ2n) is 14.3. The molecule has 310 valence electrons. The van der Waals surface area contributed by atoms with E-state index in [2.05, 4.69) is 15.8 Å². The minimum absolute atomic E-state index is 0.179. The second-order valence-corrected chi connectivity index (χ2v) is 14.7. The largest absolute Gasteiger partial charge is 0.493 e. The third-order valence-corrected chi connectivity index (χ3v) is 10.7. The summed E-state index contributed by atoms with van der Waals surface area (Å²) < 4.78 is 23.6. The maximum absolute atomic E-state index is 12.7. The van der Waals surface area contributed by atoms with Crippen LogP contribution in [-0.2, 0) is 31.3 Å². The third-order valence-electron chi connectivity index (χ3n) is 10.5. The molecule has 2 atom stereocenters. The molecule has 14 heteroatoms. The summed E-state index contributed by atoms with van der Waals surface area (Å²) >= 11 is 6.06. The lowest BCUT2D eigenvalue weighted by Gasteiger charge is -2.28. The fraction of sp³-hybridized carbons (Fsp3) is 0.409. The number of aliphatic hydroxyl groups is 4. The van der Waals surface area contributed by atoms with Gasteiger partial charge in [0.05, 0.1) is 65.1 Å². The molecule has 0 fully saturated rings. The van der Waals surface area contributed by atoms with Gasteiger partial charge >= 0.3 is 0 Å². The van der Waals surface area contributed by atoms with Crippen LogP contribution in [0.15, 0.2) is 65.8 Å². The van der Waals surface area contributed by atoms with Crippen LogP contribution < -0.4 is 29.6 Å². The zero-order valence-electron chi connectivity index (χ0n) is 32.9. The molecule has 2 aliphatic rings. The van der Waals surface area contributed by atoms with Crippen LogP contribution >= 0.6 is 11.6 Å². The molecule has 0 spiro atoms. The monoisotopic (exact) mass is 817 g/mol. The molecule has 0 radical (unpaired) electrons. The molecule has 2 unspecified atom stereocenters. The van der Waals surface area contributed by atoms with Crippen LogP contribution in [0.5, 0.6) is 23.0 Å². The van der Waals surface area contributed by atoms with Crippen LogP contribution in [0, 0.1) is 0 Å². The number of hydrogen-bond donors (Lipinski definition) is 6. The number of unbranched alkanes of at least 4 members (excludes halogenated alkanes) is 6. The number of methoxy groups -OCH3 is 2. The molecular weight excluding hydrogens is 766 g/mol. The van der Waals surface area contributed by atoms with Gasteiger partial charge in [-0.1, -0.05) is 54.9 Å². The SMILES string of the molecule is COc1cc(C2=NOC(c3cc(CO)c(CO)c(CO)c3)C2)cc(OC)c1OCCCCCCCCCOc1ccc(C2NC(=O)c3cc(Cl)ccc3N2)cc1CO. The highest BCUT2D eigenvalue weighted by Gasteiger charge is 2.28. The van der Waals surface area contributed by atoms with Gasteiger partial charge in [0.15, 0.2) is 17.6 Å². The number of ether oxygens (including phenoxy) is 4. The zero-order valence-corrected chi connectivity index (χ0v) is 33.6. The van der Waals surface area contributed by atoms with E-state index >= 15 is 0 Å². The molecule has 6 N–H and O–H groups in total. The molecule has 0 bridgehead atoms. The second kappa shape index (κ2) is 20.6. The molecule has 2 aliphatic heterocycles. The van der Waals surface area contributed by atoms with Crippen molar-refractivity contribution in [2.75, 3.05) is 32.8 Å². The summed E-state index contributed by atoms with van der Waals surface area (Å²) in [5.74, 6) is 1.99. The molecule has 0 saturated carbocycles. The van der Waals surface area contributed by atoms with E-state index < -0.39 is 12.3 Å². The topological polar surface area (TPSA) is 181 Å². The van der Waals surface area contributed by atoms with Gasteiger partial charge in [0.1, 0.15) is 11.9 Å². The van der Waals surface area contributed by atoms with E-state index in [0.717, 1.165) is 61.6 Å². The summed E-state index contributed by atoms with van der Waals surface area (Å²) in [6, 6.07) is 18.0. The average molecular weight is 818 g/mol. The molecule has 1 amide bonds. The van der Waals surface area contributed by atoms with Crippen molar-refractivity contribution in [1.82, 2.24) is 5.32 Å². The van der Waals surface area contributed by atoms with Crippen molar-refractivity contribution >= 4 is 28.9 Å². The minimum Gasteiger partial charge on any atom is -0.493 e. The van der Waals surface area contributed by atoms with Crippen LogP contribution in [0.2, 0.25) is 5.02 Å². The predicted molar refractivity (Wildman–Crippen MR) is 220 cm³/mol. The fourth-order valence-electron chi connectivity index (χ4n) is 7.30. The van der Waals surface area contributed by atoms with Gasteiger partial charge < -0.3 is 54.8 Å². The van der Waals surface area contributed by atoms with Gasteiger partial charge in [-0.3, -0.25) is 4.79 Å². The van der Waals surface area contributed by atoms with E-state index in [-0.39, 0.29) is 32.3 Å². The summed E-state index contributed by atoms with van der Waals surface area (Å²) in [5.41, 5.74) is 6.46. The van der Waals surface area contributed by atoms with Gasteiger partial charge in [0.25, 0.3) is 5.91 Å². The quantitative estimate of drug-likeness (QED) is 0.0467. The Bertz CT molecular complexity index is 2030. The number of aliphatic hydroxyl groups excluding tert-OH is 4. The van der Waals surface area contributed by atoms with Crippen LogP contribution in [0.25, 0.3) is 0 Å². The first-order valence-electron chi connectivity index (χ1n) is 19.6. The molecular formula is C44H52ClN3O10. The first-order valence-corrected chi connectivity index (χ1v) is 20.0. The van der Waals surface area contributed by atoms with Crippen molar-refractivity contribution in [3.63, 3.8) is 0 Å². The molecule has 6 rings (SSSR count). The Morgan fingerprint density at radius 2 is 1.33 bits per heavy atom. The van der Waals surface area contributed by atoms with Gasteiger partial charge in [-0.2, -0.15) is 0 Å². The van der Waals surface area contributed by atoms with Crippen molar-refractivity contribution in [2.45, 2.75) is 90.1 Å². The van der Waals surface area contributed by atoms with Gasteiger partial charge in [-0.15, -0.1) is 0 Å². The lowest BCUT2D eigenvalue weighted by molar-refractivity contribution is 0.0853. The van der Waals surface area contributed by atoms with Crippen LogP contribution in [0.3, 0.4) is 0 Å². The van der Waals surface area contributed by atoms with Crippen molar-refractivity contribution in [2.24, 2.45) is 5.16 Å². The lowest BCUT2D eigenvalue weighted by atomic mass is 9.93. The van der Waals surface area contributed by atoms with Gasteiger partial charge in [-0.25, -0.2) is 0 Å². The molecule has 4 aromatic carbocycles. The smallest absolute Gasteiger partial charge is 0.255 e. The van der Waals surface area contributed by atoms with Gasteiger partial charge in [-0.05, 0) is 95.3 Å². The maximum atomic E-state index is 12.7. The number of fused-ring (bicyclic) bond motifs is 1. The van der Waals surface area contributed by atoms with Crippen LogP contribution in [-0.4, -0.2) is 59.5 Å². The van der Waals surface area contributed by atoms with Gasteiger partial charge in [0, 0.05) is 28.3 Å². The zero-order chi connectivity index (χ0) is 41.0. The number of halogens is 1. The highest BCUT2D eigenvalue weighted by Crippen LogP contribution is 2.41. The van der Waals surface area contributed by atoms with Crippen LogP contribution in [0.1, 0.15) is 113 Å². The van der Waals surface area contributed by atoms with E-state index in [1.165, 1.54) is 0 Å². The standard InChI is InChI=1S/C44H52ClN3O10/c1-54-40-19-28(37-22-39(58-48-37)29-17-30(23-49)35(26-52)31(18-29)24-50)20-41(55-2)42(40)57-15-9-7-5-3-4-6-8-14-56-38-13-10-27(16-32(38)25-51)43-46-36-12-11-33(45)21-34(36)44(53)47-43/h10-13,16-21,39,43,46,49-52H,3-9,14-15,22-26H2,1-2H3,(H,47,53). The van der Waals surface area contributed by atoms with Crippen molar-refractivity contribution in [1.29, 1.82) is 0 Å². The Morgan fingerprint density at radius 1 is 0.707 bits per heavy atom. The Morgan fingerprint density at radius 3 is 1.95 bits per heavy atom. The van der Waals surface area contributed by atoms with Crippen molar-refractivity contribution in [3.8, 4) is 23.0 Å². The molecule has 2 heterocycles. The van der Waals surface area contributed by atoms with E-state index in [1.54, 1.807) is 44.6 Å². The highest BCUT2D eigenvalue weighted by atomic mass is 35.5. The Balaban J connectivity index is 0.897. The molecule has 58 heavy (non-hydrogen) atoms. The van der Waals surface area contributed by atoms with E-state index in [4.69, 9.17) is 35.4 Å². The number of amides is 1. The van der Waals surface area contributed by atoms with Crippen LogP contribution in [0.4, 0.5) is 5.69 Å². The minimum atomic E-state index is -0.441. The number of carbonyl (C=O) groups excluding carboxylic acids is 1. The molecule has 0 saturated heterocycles. The third kappa shape index (κ3) is 10.1. The molecule has 0 aliphatic carbocycles. The Labute approximate surface area is 343 Å². The van der Waals surface area contributed by atoms with E-state index in [0.29, 0.717) is 86.9 Å². The number of oxime groups is 1. The number of hydrogen-bond acceptors (Lipinski definition) is 12. The van der Waals surface area contributed by atoms with E-state index in [9.17, 15) is 25.2 Å². The highest BCUT2D eigenvalue weighted by molar-refractivity contribution is 6.31. The predicted octanol–water partition coefficient (Wildman–Crippen LogP) is 7.23. The Kier molecular flexibility index (Phi) is 15.1. The first kappa shape index (κ1) is 42.6. The fourth-order valence-corrected chi connectivity index (χ4v) is 7.47. The summed E-state index contributed by atoms with van der Waals surface area (Å²) in [6.45, 7) is 0.0537. The number of carbonyl (C=O) groups is 1. The number of nitrogens with one attached hydrogen (secondary N) is 2. The summed E-state index contributed by atoms with van der Waals surface area (Å²) in [7, 11) is 3.16. The summed E-state index contributed by atoms with van der Waals surface area (Å²) in [5, 5.41) is 50.5. The average Bonchev–Trinajstić information content (AvgIpc) is 3.75. The van der Waals surface area contributed by atoms with Gasteiger partial charge in [0.2, 0.25) is 5.75 Å². The molecule has 0 aromatic heterocycles. The number of anilines is 1. The Hall–Kier alpha value is -5.05. The van der Waals surface area contributed by atoms with Crippen molar-refractivity contribution in [3.05, 3.63) is 110 Å². The maximum Gasteiger partial charge on any atom is 0.255 e. The summed E-state index contributed by atoms with van der Waals surface area (Å²) in [4.78, 5) is 18.4. The number of nitrogens with zero attached hydrogens (tertiary/aromatic N) is 1.